The monoisotopic (exact) mass is 350 g/mol. The van der Waals surface area contributed by atoms with Gasteiger partial charge < -0.3 is 0 Å². The van der Waals surface area contributed by atoms with Crippen LogP contribution in [-0.2, 0) is 9.63 Å². The topological polar surface area (TPSA) is 9.23 Å². The molecule has 106 valence electrons. The maximum atomic E-state index is 6.19. The zero-order valence-corrected chi connectivity index (χ0v) is 13.7. The molecule has 0 atom stereocenters. The van der Waals surface area contributed by atoms with E-state index < -0.39 is 0 Å². The van der Waals surface area contributed by atoms with E-state index in [0.717, 1.165) is 11.5 Å². The molecular weight excluding hydrogens is 335 g/mol. The van der Waals surface area contributed by atoms with Gasteiger partial charge in [0.1, 0.15) is 0 Å². The summed E-state index contributed by atoms with van der Waals surface area (Å²) in [6.45, 7) is 0. The first-order chi connectivity index (χ1) is 10.9. The second kappa shape index (κ2) is 4.49. The molecule has 0 radical (unpaired) electrons. The third kappa shape index (κ3) is 1.49. The van der Waals surface area contributed by atoms with E-state index in [9.17, 15) is 0 Å². The van der Waals surface area contributed by atoms with Crippen LogP contribution < -0.4 is 4.74 Å². The molecule has 2 heteroatoms. The van der Waals surface area contributed by atoms with Gasteiger partial charge in [-0.05, 0) is 0 Å². The summed E-state index contributed by atoms with van der Waals surface area (Å²) in [7, 11) is 0. The SMILES string of the molecule is c1ccc2c(c1)C[Se]C21c2ccccc2Oc2ccccc21. The summed E-state index contributed by atoms with van der Waals surface area (Å²) in [5, 5.41) is 1.19. The van der Waals surface area contributed by atoms with Crippen molar-refractivity contribution in [2.75, 3.05) is 0 Å². The van der Waals surface area contributed by atoms with Crippen LogP contribution in [0.15, 0.2) is 72.8 Å². The first kappa shape index (κ1) is 12.5. The zero-order chi connectivity index (χ0) is 14.6. The second-order valence-corrected chi connectivity index (χ2v) is 8.22. The van der Waals surface area contributed by atoms with Crippen LogP contribution in [0.2, 0.25) is 0 Å². The number of para-hydroxylation sites is 2. The molecule has 2 aliphatic heterocycles. The fourth-order valence-corrected chi connectivity index (χ4v) is 7.07. The number of benzene rings is 3. The van der Waals surface area contributed by atoms with Gasteiger partial charge in [0, 0.05) is 0 Å². The minimum absolute atomic E-state index is 0.00896. The van der Waals surface area contributed by atoms with Crippen LogP contribution in [0, 0.1) is 0 Å². The van der Waals surface area contributed by atoms with Crippen molar-refractivity contribution in [1.82, 2.24) is 0 Å². The van der Waals surface area contributed by atoms with Gasteiger partial charge in [-0.15, -0.1) is 0 Å². The summed E-state index contributed by atoms with van der Waals surface area (Å²) >= 11 is 0.451. The normalized spacial score (nSPS) is 16.5. The predicted molar refractivity (Wildman–Crippen MR) is 88.7 cm³/mol. The van der Waals surface area contributed by atoms with Crippen molar-refractivity contribution in [2.24, 2.45) is 0 Å². The van der Waals surface area contributed by atoms with E-state index in [0.29, 0.717) is 15.0 Å². The second-order valence-electron chi connectivity index (χ2n) is 5.72. The molecule has 2 heterocycles. The van der Waals surface area contributed by atoms with E-state index in [4.69, 9.17) is 4.74 Å². The van der Waals surface area contributed by atoms with Crippen molar-refractivity contribution >= 4 is 15.0 Å². The van der Waals surface area contributed by atoms with E-state index in [-0.39, 0.29) is 4.31 Å². The Kier molecular flexibility index (Phi) is 2.55. The summed E-state index contributed by atoms with van der Waals surface area (Å²) in [6.07, 6.45) is 0. The van der Waals surface area contributed by atoms with Gasteiger partial charge in [0.05, 0.1) is 0 Å². The first-order valence-corrected chi connectivity index (χ1v) is 9.55. The van der Waals surface area contributed by atoms with Crippen molar-refractivity contribution < 1.29 is 4.74 Å². The fourth-order valence-electron chi connectivity index (χ4n) is 3.66. The summed E-state index contributed by atoms with van der Waals surface area (Å²) in [5.41, 5.74) is 5.63. The van der Waals surface area contributed by atoms with Crippen molar-refractivity contribution in [3.05, 3.63) is 95.1 Å². The Bertz CT molecular complexity index is 839. The van der Waals surface area contributed by atoms with E-state index in [1.54, 1.807) is 0 Å². The Morgan fingerprint density at radius 1 is 0.682 bits per heavy atom. The molecule has 0 saturated heterocycles. The molecule has 0 saturated carbocycles. The number of ether oxygens (including phenoxy) is 1. The van der Waals surface area contributed by atoms with Crippen molar-refractivity contribution in [3.63, 3.8) is 0 Å². The summed E-state index contributed by atoms with van der Waals surface area (Å²) in [6, 6.07) is 26.0. The quantitative estimate of drug-likeness (QED) is 0.550. The first-order valence-electron chi connectivity index (χ1n) is 7.49. The molecule has 0 unspecified atom stereocenters. The minimum atomic E-state index is 0.00896. The molecule has 0 fully saturated rings. The van der Waals surface area contributed by atoms with Gasteiger partial charge in [-0.3, -0.25) is 0 Å². The van der Waals surface area contributed by atoms with Crippen LogP contribution in [0.25, 0.3) is 0 Å². The number of fused-ring (bicyclic) bond motifs is 6. The van der Waals surface area contributed by atoms with Crippen LogP contribution in [0.3, 0.4) is 0 Å². The van der Waals surface area contributed by atoms with E-state index in [1.165, 1.54) is 27.6 Å². The number of hydrogen-bond acceptors (Lipinski definition) is 1. The number of hydrogen-bond donors (Lipinski definition) is 0. The predicted octanol–water partition coefficient (Wildman–Crippen LogP) is 4.30. The fraction of sp³-hybridized carbons (Fsp3) is 0.100. The Morgan fingerprint density at radius 3 is 1.91 bits per heavy atom. The molecule has 1 spiro atoms. The summed E-state index contributed by atoms with van der Waals surface area (Å²) in [4.78, 5) is 0. The molecule has 2 aliphatic rings. The van der Waals surface area contributed by atoms with Gasteiger partial charge in [-0.2, -0.15) is 0 Å². The van der Waals surface area contributed by atoms with Gasteiger partial charge in [0.15, 0.2) is 0 Å². The van der Waals surface area contributed by atoms with Gasteiger partial charge in [0.25, 0.3) is 0 Å². The zero-order valence-electron chi connectivity index (χ0n) is 12.0. The Morgan fingerprint density at radius 2 is 1.23 bits per heavy atom. The van der Waals surface area contributed by atoms with Crippen LogP contribution in [-0.4, -0.2) is 15.0 Å². The standard InChI is InChI=1S/C20H14OSe/c1-2-8-15-14(7-1)13-22-20(15)16-9-3-5-11-18(16)21-19-12-6-4-10-17(19)20/h1-12H,13H2. The maximum absolute atomic E-state index is 6.19. The van der Waals surface area contributed by atoms with Gasteiger partial charge in [0.2, 0.25) is 0 Å². The van der Waals surface area contributed by atoms with Gasteiger partial charge in [-0.25, -0.2) is 0 Å². The molecule has 0 aliphatic carbocycles. The molecular formula is C20H14OSe. The molecule has 1 nitrogen and oxygen atoms in total. The van der Waals surface area contributed by atoms with Crippen molar-refractivity contribution in [2.45, 2.75) is 9.63 Å². The van der Waals surface area contributed by atoms with E-state index in [1.807, 2.05) is 0 Å². The molecule has 0 amide bonds. The van der Waals surface area contributed by atoms with Crippen molar-refractivity contribution in [3.8, 4) is 11.5 Å². The summed E-state index contributed by atoms with van der Waals surface area (Å²) in [5.74, 6) is 2.03. The van der Waals surface area contributed by atoms with E-state index in [2.05, 4.69) is 72.8 Å². The molecule has 5 rings (SSSR count). The molecule has 3 aromatic rings. The molecule has 0 N–H and O–H groups in total. The average molecular weight is 349 g/mol. The van der Waals surface area contributed by atoms with E-state index >= 15 is 0 Å². The van der Waals surface area contributed by atoms with Gasteiger partial charge >= 0.3 is 136 Å². The Hall–Kier alpha value is -2.02. The van der Waals surface area contributed by atoms with Crippen LogP contribution in [0.4, 0.5) is 0 Å². The van der Waals surface area contributed by atoms with Gasteiger partial charge in [-0.1, -0.05) is 0 Å². The third-order valence-corrected chi connectivity index (χ3v) is 7.84. The van der Waals surface area contributed by atoms with Crippen LogP contribution in [0.5, 0.6) is 11.5 Å². The van der Waals surface area contributed by atoms with Crippen LogP contribution in [0.1, 0.15) is 22.3 Å². The summed E-state index contributed by atoms with van der Waals surface area (Å²) < 4.78 is 6.20. The molecule has 0 aromatic heterocycles. The van der Waals surface area contributed by atoms with Crippen LogP contribution >= 0.6 is 0 Å². The third-order valence-electron chi connectivity index (χ3n) is 4.59. The molecule has 3 aromatic carbocycles. The molecule has 22 heavy (non-hydrogen) atoms. The number of rotatable bonds is 0. The molecule has 0 bridgehead atoms. The average Bonchev–Trinajstić information content (AvgIpc) is 2.96. The van der Waals surface area contributed by atoms with Crippen molar-refractivity contribution in [1.29, 1.82) is 0 Å². The Balaban J connectivity index is 1.91. The Labute approximate surface area is 136 Å².